The molecular weight excluding hydrogens is 296 g/mol. The van der Waals surface area contributed by atoms with Crippen molar-refractivity contribution in [3.63, 3.8) is 0 Å². The lowest BCUT2D eigenvalue weighted by atomic mass is 10.0. The molecule has 0 aliphatic heterocycles. The predicted molar refractivity (Wildman–Crippen MR) is 75.8 cm³/mol. The van der Waals surface area contributed by atoms with Gasteiger partial charge in [-0.3, -0.25) is 10.1 Å². The van der Waals surface area contributed by atoms with Gasteiger partial charge in [0, 0.05) is 23.3 Å². The minimum Gasteiger partial charge on any atom is -0.387 e. The molecular formula is C13H11BrN2O2. The van der Waals surface area contributed by atoms with Gasteiger partial charge in [0.1, 0.15) is 0 Å². The summed E-state index contributed by atoms with van der Waals surface area (Å²) in [7, 11) is 1.75. The van der Waals surface area contributed by atoms with Gasteiger partial charge in [-0.1, -0.05) is 34.1 Å². The van der Waals surface area contributed by atoms with Gasteiger partial charge < -0.3 is 5.32 Å². The molecule has 2 aromatic rings. The van der Waals surface area contributed by atoms with Gasteiger partial charge in [0.2, 0.25) is 0 Å². The zero-order chi connectivity index (χ0) is 13.1. The summed E-state index contributed by atoms with van der Waals surface area (Å²) in [5, 5.41) is 14.1. The molecule has 0 radical (unpaired) electrons. The van der Waals surface area contributed by atoms with Crippen LogP contribution in [-0.4, -0.2) is 12.0 Å². The molecule has 0 saturated heterocycles. The van der Waals surface area contributed by atoms with E-state index in [2.05, 4.69) is 21.2 Å². The molecule has 0 bridgehead atoms. The maximum Gasteiger partial charge on any atom is 0.279 e. The van der Waals surface area contributed by atoms with Crippen LogP contribution in [0, 0.1) is 10.1 Å². The van der Waals surface area contributed by atoms with Crippen molar-refractivity contribution >= 4 is 27.3 Å². The standard InChI is InChI=1S/C13H11BrN2O2/c1-15-11-3-2-4-12(16(17)18)13(11)9-5-7-10(14)8-6-9/h2-8,15H,1H3. The minimum absolute atomic E-state index is 0.101. The van der Waals surface area contributed by atoms with Crippen LogP contribution in [0.15, 0.2) is 46.9 Å². The largest absolute Gasteiger partial charge is 0.387 e. The highest BCUT2D eigenvalue weighted by Crippen LogP contribution is 2.36. The number of hydrogen-bond donors (Lipinski definition) is 1. The van der Waals surface area contributed by atoms with Crippen LogP contribution in [-0.2, 0) is 0 Å². The molecule has 0 saturated carbocycles. The van der Waals surface area contributed by atoms with Gasteiger partial charge in [0.15, 0.2) is 0 Å². The Morgan fingerprint density at radius 2 is 1.83 bits per heavy atom. The molecule has 2 rings (SSSR count). The average Bonchev–Trinajstić information content (AvgIpc) is 2.38. The van der Waals surface area contributed by atoms with Gasteiger partial charge >= 0.3 is 0 Å². The Labute approximate surface area is 113 Å². The van der Waals surface area contributed by atoms with Crippen LogP contribution in [0.4, 0.5) is 11.4 Å². The molecule has 4 nitrogen and oxygen atoms in total. The van der Waals surface area contributed by atoms with Crippen molar-refractivity contribution in [1.29, 1.82) is 0 Å². The number of nitro benzene ring substituents is 1. The summed E-state index contributed by atoms with van der Waals surface area (Å²) in [5.41, 5.74) is 2.27. The van der Waals surface area contributed by atoms with E-state index in [4.69, 9.17) is 0 Å². The van der Waals surface area contributed by atoms with Crippen molar-refractivity contribution < 1.29 is 4.92 Å². The fourth-order valence-electron chi connectivity index (χ4n) is 1.82. The van der Waals surface area contributed by atoms with Gasteiger partial charge in [-0.25, -0.2) is 0 Å². The molecule has 0 fully saturated rings. The number of benzene rings is 2. The Balaban J connectivity index is 2.67. The van der Waals surface area contributed by atoms with Crippen LogP contribution in [0.25, 0.3) is 11.1 Å². The molecule has 0 aromatic heterocycles. The van der Waals surface area contributed by atoms with Crippen LogP contribution in [0.3, 0.4) is 0 Å². The Morgan fingerprint density at radius 3 is 2.39 bits per heavy atom. The van der Waals surface area contributed by atoms with Gasteiger partial charge in [-0.05, 0) is 23.8 Å². The number of anilines is 1. The monoisotopic (exact) mass is 306 g/mol. The van der Waals surface area contributed by atoms with Crippen molar-refractivity contribution in [3.05, 3.63) is 57.1 Å². The predicted octanol–water partition coefficient (Wildman–Crippen LogP) is 4.07. The average molecular weight is 307 g/mol. The molecule has 0 spiro atoms. The van der Waals surface area contributed by atoms with E-state index in [-0.39, 0.29) is 10.6 Å². The fraction of sp³-hybridized carbons (Fsp3) is 0.0769. The SMILES string of the molecule is CNc1cccc([N+](=O)[O-])c1-c1ccc(Br)cc1. The van der Waals surface area contributed by atoms with Gasteiger partial charge in [-0.2, -0.15) is 0 Å². The fourth-order valence-corrected chi connectivity index (χ4v) is 2.08. The van der Waals surface area contributed by atoms with Crippen LogP contribution in [0.5, 0.6) is 0 Å². The molecule has 0 aliphatic carbocycles. The first-order valence-corrected chi connectivity index (χ1v) is 6.14. The topological polar surface area (TPSA) is 55.2 Å². The zero-order valence-electron chi connectivity index (χ0n) is 9.68. The number of nitrogens with zero attached hydrogens (tertiary/aromatic N) is 1. The second-order valence-electron chi connectivity index (χ2n) is 3.71. The highest BCUT2D eigenvalue weighted by Gasteiger charge is 2.18. The van der Waals surface area contributed by atoms with Crippen LogP contribution in [0.2, 0.25) is 0 Å². The highest BCUT2D eigenvalue weighted by atomic mass is 79.9. The van der Waals surface area contributed by atoms with Gasteiger partial charge in [0.25, 0.3) is 5.69 Å². The van der Waals surface area contributed by atoms with Crippen LogP contribution < -0.4 is 5.32 Å². The van der Waals surface area contributed by atoms with E-state index in [9.17, 15) is 10.1 Å². The minimum atomic E-state index is -0.363. The molecule has 0 amide bonds. The Hall–Kier alpha value is -1.88. The molecule has 2 aromatic carbocycles. The number of halogens is 1. The number of hydrogen-bond acceptors (Lipinski definition) is 3. The van der Waals surface area contributed by atoms with E-state index in [1.165, 1.54) is 6.07 Å². The maximum absolute atomic E-state index is 11.1. The molecule has 0 unspecified atom stereocenters. The summed E-state index contributed by atoms with van der Waals surface area (Å²) in [6, 6.07) is 12.5. The highest BCUT2D eigenvalue weighted by molar-refractivity contribution is 9.10. The third-order valence-electron chi connectivity index (χ3n) is 2.64. The molecule has 18 heavy (non-hydrogen) atoms. The van der Waals surface area contributed by atoms with Crippen molar-refractivity contribution in [2.24, 2.45) is 0 Å². The summed E-state index contributed by atoms with van der Waals surface area (Å²) in [6.45, 7) is 0. The third-order valence-corrected chi connectivity index (χ3v) is 3.17. The number of rotatable bonds is 3. The maximum atomic E-state index is 11.1. The number of nitrogens with one attached hydrogen (secondary N) is 1. The first kappa shape index (κ1) is 12.6. The summed E-state index contributed by atoms with van der Waals surface area (Å²) in [4.78, 5) is 10.7. The van der Waals surface area contributed by atoms with Crippen molar-refractivity contribution in [2.75, 3.05) is 12.4 Å². The molecule has 92 valence electrons. The Bertz CT molecular complexity index is 582. The van der Waals surface area contributed by atoms with Crippen LogP contribution in [0.1, 0.15) is 0 Å². The Morgan fingerprint density at radius 1 is 1.17 bits per heavy atom. The first-order valence-electron chi connectivity index (χ1n) is 5.34. The summed E-state index contributed by atoms with van der Waals surface area (Å²) in [6.07, 6.45) is 0. The number of nitro groups is 1. The van der Waals surface area contributed by atoms with Crippen molar-refractivity contribution in [3.8, 4) is 11.1 Å². The first-order chi connectivity index (χ1) is 8.63. The quantitative estimate of drug-likeness (QED) is 0.687. The second kappa shape index (κ2) is 5.18. The lowest BCUT2D eigenvalue weighted by Gasteiger charge is -2.09. The molecule has 0 aliphatic rings. The smallest absolute Gasteiger partial charge is 0.279 e. The van der Waals surface area contributed by atoms with Gasteiger partial charge in [0.05, 0.1) is 10.5 Å². The van der Waals surface area contributed by atoms with E-state index in [0.29, 0.717) is 5.56 Å². The third kappa shape index (κ3) is 2.36. The van der Waals surface area contributed by atoms with E-state index >= 15 is 0 Å². The Kier molecular flexibility index (Phi) is 3.62. The molecule has 0 atom stereocenters. The molecule has 1 N–H and O–H groups in total. The van der Waals surface area contributed by atoms with Crippen molar-refractivity contribution in [1.82, 2.24) is 0 Å². The summed E-state index contributed by atoms with van der Waals surface area (Å²) in [5.74, 6) is 0. The summed E-state index contributed by atoms with van der Waals surface area (Å²) < 4.78 is 0.941. The van der Waals surface area contributed by atoms with E-state index < -0.39 is 0 Å². The van der Waals surface area contributed by atoms with E-state index in [1.54, 1.807) is 13.1 Å². The second-order valence-corrected chi connectivity index (χ2v) is 4.63. The molecule has 5 heteroatoms. The zero-order valence-corrected chi connectivity index (χ0v) is 11.3. The van der Waals surface area contributed by atoms with Crippen molar-refractivity contribution in [2.45, 2.75) is 0 Å². The van der Waals surface area contributed by atoms with Gasteiger partial charge in [-0.15, -0.1) is 0 Å². The van der Waals surface area contributed by atoms with E-state index in [0.717, 1.165) is 15.7 Å². The van der Waals surface area contributed by atoms with Crippen LogP contribution >= 0.6 is 15.9 Å². The summed E-state index contributed by atoms with van der Waals surface area (Å²) >= 11 is 3.35. The van der Waals surface area contributed by atoms with E-state index in [1.807, 2.05) is 30.3 Å². The lowest BCUT2D eigenvalue weighted by molar-refractivity contribution is -0.384. The normalized spacial score (nSPS) is 10.1. The molecule has 0 heterocycles. The lowest BCUT2D eigenvalue weighted by Crippen LogP contribution is -1.97.